The SMILES string of the molecule is O=C1C(O)=C[C@H](Nc2cccc(F)c2)c2ccccc21. The molecule has 0 unspecified atom stereocenters. The zero-order valence-corrected chi connectivity index (χ0v) is 10.5. The number of aliphatic hydroxyl groups excluding tert-OH is 1. The van der Waals surface area contributed by atoms with Gasteiger partial charge in [0.15, 0.2) is 5.76 Å². The normalized spacial score (nSPS) is 17.4. The van der Waals surface area contributed by atoms with Crippen molar-refractivity contribution in [2.75, 3.05) is 5.32 Å². The summed E-state index contributed by atoms with van der Waals surface area (Å²) in [7, 11) is 0. The van der Waals surface area contributed by atoms with Gasteiger partial charge in [0.05, 0.1) is 6.04 Å². The van der Waals surface area contributed by atoms with E-state index in [4.69, 9.17) is 0 Å². The highest BCUT2D eigenvalue weighted by Gasteiger charge is 2.26. The topological polar surface area (TPSA) is 49.3 Å². The highest BCUT2D eigenvalue weighted by molar-refractivity contribution is 6.09. The average Bonchev–Trinajstić information content (AvgIpc) is 2.45. The summed E-state index contributed by atoms with van der Waals surface area (Å²) in [6, 6.07) is 12.7. The van der Waals surface area contributed by atoms with E-state index in [1.807, 2.05) is 12.1 Å². The minimum atomic E-state index is -0.391. The zero-order valence-electron chi connectivity index (χ0n) is 10.5. The minimum absolute atomic E-state index is 0.294. The second-order valence-corrected chi connectivity index (χ2v) is 4.60. The Morgan fingerprint density at radius 3 is 2.70 bits per heavy atom. The standard InChI is InChI=1S/C16H12FNO2/c17-10-4-3-5-11(8-10)18-14-9-15(19)16(20)13-7-2-1-6-12(13)14/h1-9,14,18-19H/t14-/m0/s1. The van der Waals surface area contributed by atoms with Gasteiger partial charge in [-0.1, -0.05) is 30.3 Å². The number of aliphatic hydroxyl groups is 1. The van der Waals surface area contributed by atoms with Crippen LogP contribution in [-0.4, -0.2) is 10.9 Å². The zero-order chi connectivity index (χ0) is 14.1. The molecular weight excluding hydrogens is 257 g/mol. The van der Waals surface area contributed by atoms with Gasteiger partial charge in [-0.2, -0.15) is 0 Å². The average molecular weight is 269 g/mol. The van der Waals surface area contributed by atoms with E-state index in [2.05, 4.69) is 5.32 Å². The number of halogens is 1. The van der Waals surface area contributed by atoms with Gasteiger partial charge >= 0.3 is 0 Å². The molecule has 0 bridgehead atoms. The van der Waals surface area contributed by atoms with E-state index in [0.29, 0.717) is 11.3 Å². The number of allylic oxidation sites excluding steroid dienone is 1. The Balaban J connectivity index is 1.99. The first-order chi connectivity index (χ1) is 9.65. The molecule has 2 aromatic carbocycles. The molecule has 20 heavy (non-hydrogen) atoms. The maximum atomic E-state index is 13.2. The van der Waals surface area contributed by atoms with Crippen LogP contribution in [0.4, 0.5) is 10.1 Å². The van der Waals surface area contributed by atoms with E-state index in [-0.39, 0.29) is 17.6 Å². The van der Waals surface area contributed by atoms with Crippen molar-refractivity contribution in [2.24, 2.45) is 0 Å². The van der Waals surface area contributed by atoms with Crippen LogP contribution in [0.2, 0.25) is 0 Å². The lowest BCUT2D eigenvalue weighted by atomic mass is 9.91. The van der Waals surface area contributed by atoms with Gasteiger partial charge in [-0.3, -0.25) is 4.79 Å². The first-order valence-corrected chi connectivity index (χ1v) is 6.21. The van der Waals surface area contributed by atoms with Crippen LogP contribution < -0.4 is 5.32 Å². The van der Waals surface area contributed by atoms with Gasteiger partial charge < -0.3 is 10.4 Å². The lowest BCUT2D eigenvalue weighted by molar-refractivity contribution is 0.0971. The van der Waals surface area contributed by atoms with Crippen LogP contribution in [0.3, 0.4) is 0 Å². The summed E-state index contributed by atoms with van der Waals surface area (Å²) in [5.74, 6) is -1.03. The molecule has 3 nitrogen and oxygen atoms in total. The Labute approximate surface area is 115 Å². The Morgan fingerprint density at radius 2 is 1.90 bits per heavy atom. The van der Waals surface area contributed by atoms with Crippen molar-refractivity contribution in [3.63, 3.8) is 0 Å². The molecule has 2 aromatic rings. The Morgan fingerprint density at radius 1 is 1.10 bits per heavy atom. The first-order valence-electron chi connectivity index (χ1n) is 6.21. The van der Waals surface area contributed by atoms with E-state index in [1.54, 1.807) is 24.3 Å². The number of nitrogens with one attached hydrogen (secondary N) is 1. The molecular formula is C16H12FNO2. The molecule has 0 spiro atoms. The fourth-order valence-electron chi connectivity index (χ4n) is 2.31. The summed E-state index contributed by atoms with van der Waals surface area (Å²) in [4.78, 5) is 11.9. The van der Waals surface area contributed by atoms with Gasteiger partial charge in [0.1, 0.15) is 5.82 Å². The predicted molar refractivity (Wildman–Crippen MR) is 74.2 cm³/mol. The third-order valence-corrected chi connectivity index (χ3v) is 3.24. The van der Waals surface area contributed by atoms with Crippen LogP contribution in [0.25, 0.3) is 0 Å². The molecule has 2 N–H and O–H groups in total. The van der Waals surface area contributed by atoms with Crippen molar-refractivity contribution < 1.29 is 14.3 Å². The summed E-state index contributed by atoms with van der Waals surface area (Å²) in [6.45, 7) is 0. The summed E-state index contributed by atoms with van der Waals surface area (Å²) in [5.41, 5.74) is 1.81. The molecule has 0 aromatic heterocycles. The highest BCUT2D eigenvalue weighted by atomic mass is 19.1. The highest BCUT2D eigenvalue weighted by Crippen LogP contribution is 2.30. The van der Waals surface area contributed by atoms with Crippen LogP contribution in [-0.2, 0) is 0 Å². The van der Waals surface area contributed by atoms with Gasteiger partial charge in [-0.25, -0.2) is 4.39 Å². The van der Waals surface area contributed by atoms with Crippen molar-refractivity contribution in [2.45, 2.75) is 6.04 Å². The third-order valence-electron chi connectivity index (χ3n) is 3.24. The molecule has 1 aliphatic rings. The van der Waals surface area contributed by atoms with E-state index >= 15 is 0 Å². The van der Waals surface area contributed by atoms with Gasteiger partial charge in [-0.15, -0.1) is 0 Å². The van der Waals surface area contributed by atoms with Crippen molar-refractivity contribution >= 4 is 11.5 Å². The smallest absolute Gasteiger partial charge is 0.227 e. The number of fused-ring (bicyclic) bond motifs is 1. The van der Waals surface area contributed by atoms with Crippen LogP contribution in [0, 0.1) is 5.82 Å². The summed E-state index contributed by atoms with van der Waals surface area (Å²) in [5, 5.41) is 12.8. The van der Waals surface area contributed by atoms with Crippen molar-refractivity contribution in [1.82, 2.24) is 0 Å². The van der Waals surface area contributed by atoms with Gasteiger partial charge in [0.25, 0.3) is 0 Å². The van der Waals surface area contributed by atoms with E-state index in [1.165, 1.54) is 18.2 Å². The molecule has 0 amide bonds. The van der Waals surface area contributed by atoms with Gasteiger partial charge in [0.2, 0.25) is 5.78 Å². The maximum Gasteiger partial charge on any atom is 0.227 e. The monoisotopic (exact) mass is 269 g/mol. The second kappa shape index (κ2) is 4.81. The van der Waals surface area contributed by atoms with E-state index in [9.17, 15) is 14.3 Å². The molecule has 0 heterocycles. The molecule has 0 fully saturated rings. The molecule has 0 aliphatic heterocycles. The number of Topliss-reactive ketones (excluding diaryl/α,β-unsaturated/α-hetero) is 1. The molecule has 1 aliphatic carbocycles. The number of hydrogen-bond acceptors (Lipinski definition) is 3. The van der Waals surface area contributed by atoms with Gasteiger partial charge in [-0.05, 0) is 29.8 Å². The molecule has 3 rings (SSSR count). The summed E-state index contributed by atoms with van der Waals surface area (Å²) < 4.78 is 13.2. The second-order valence-electron chi connectivity index (χ2n) is 4.60. The third kappa shape index (κ3) is 2.16. The summed E-state index contributed by atoms with van der Waals surface area (Å²) >= 11 is 0. The number of benzene rings is 2. The number of carbonyl (C=O) groups excluding carboxylic acids is 1. The molecule has 100 valence electrons. The lowest BCUT2D eigenvalue weighted by Crippen LogP contribution is -2.20. The van der Waals surface area contributed by atoms with Crippen molar-refractivity contribution in [3.05, 3.63) is 77.3 Å². The van der Waals surface area contributed by atoms with Crippen LogP contribution >= 0.6 is 0 Å². The van der Waals surface area contributed by atoms with Crippen LogP contribution in [0.5, 0.6) is 0 Å². The number of carbonyl (C=O) groups is 1. The lowest BCUT2D eigenvalue weighted by Gasteiger charge is -2.23. The number of ketones is 1. The maximum absolute atomic E-state index is 13.2. The number of hydrogen-bond donors (Lipinski definition) is 2. The minimum Gasteiger partial charge on any atom is -0.504 e. The fraction of sp³-hybridized carbons (Fsp3) is 0.0625. The first kappa shape index (κ1) is 12.4. The Hall–Kier alpha value is -2.62. The van der Waals surface area contributed by atoms with Gasteiger partial charge in [0, 0.05) is 11.3 Å². The van der Waals surface area contributed by atoms with E-state index < -0.39 is 5.78 Å². The fourth-order valence-corrected chi connectivity index (χ4v) is 2.31. The molecule has 0 saturated heterocycles. The van der Waals surface area contributed by atoms with E-state index in [0.717, 1.165) is 5.56 Å². The predicted octanol–water partition coefficient (Wildman–Crippen LogP) is 3.62. The molecule has 4 heteroatoms. The number of rotatable bonds is 2. The summed E-state index contributed by atoms with van der Waals surface area (Å²) in [6.07, 6.45) is 1.44. The van der Waals surface area contributed by atoms with Crippen molar-refractivity contribution in [1.29, 1.82) is 0 Å². The van der Waals surface area contributed by atoms with Crippen LogP contribution in [0.1, 0.15) is 22.0 Å². The largest absolute Gasteiger partial charge is 0.504 e. The Kier molecular flexibility index (Phi) is 2.99. The molecule has 0 radical (unpaired) electrons. The Bertz CT molecular complexity index is 709. The number of anilines is 1. The molecule has 1 atom stereocenters. The quantitative estimate of drug-likeness (QED) is 0.875. The van der Waals surface area contributed by atoms with Crippen LogP contribution in [0.15, 0.2) is 60.4 Å². The van der Waals surface area contributed by atoms with Crippen molar-refractivity contribution in [3.8, 4) is 0 Å². The molecule has 0 saturated carbocycles.